The molecule has 2 rings (SSSR count). The van der Waals surface area contributed by atoms with Crippen molar-refractivity contribution in [2.75, 3.05) is 19.0 Å². The van der Waals surface area contributed by atoms with Gasteiger partial charge < -0.3 is 10.1 Å². The van der Waals surface area contributed by atoms with Crippen LogP contribution in [0.25, 0.3) is 0 Å². The monoisotopic (exact) mass is 269 g/mol. The third kappa shape index (κ3) is 4.21. The van der Waals surface area contributed by atoms with Crippen molar-refractivity contribution in [3.8, 4) is 0 Å². The SMILES string of the molecule is COCCC(=O)Nc1ccccc1Cc1ccccc1. The molecule has 3 heteroatoms. The van der Waals surface area contributed by atoms with Crippen LogP contribution in [0.1, 0.15) is 17.5 Å². The zero-order valence-corrected chi connectivity index (χ0v) is 11.6. The molecule has 3 nitrogen and oxygen atoms in total. The first-order valence-electron chi connectivity index (χ1n) is 6.70. The first-order valence-corrected chi connectivity index (χ1v) is 6.70. The van der Waals surface area contributed by atoms with Crippen molar-refractivity contribution in [3.05, 3.63) is 65.7 Å². The fraction of sp³-hybridized carbons (Fsp3) is 0.235. The number of benzene rings is 2. The molecule has 1 N–H and O–H groups in total. The van der Waals surface area contributed by atoms with E-state index in [1.54, 1.807) is 7.11 Å². The van der Waals surface area contributed by atoms with Crippen molar-refractivity contribution in [2.45, 2.75) is 12.8 Å². The Morgan fingerprint density at radius 1 is 1.05 bits per heavy atom. The lowest BCUT2D eigenvalue weighted by Crippen LogP contribution is -2.14. The van der Waals surface area contributed by atoms with E-state index in [0.29, 0.717) is 13.0 Å². The molecule has 0 bridgehead atoms. The number of ether oxygens (including phenoxy) is 1. The maximum absolute atomic E-state index is 11.8. The summed E-state index contributed by atoms with van der Waals surface area (Å²) in [5.41, 5.74) is 3.22. The smallest absolute Gasteiger partial charge is 0.226 e. The zero-order chi connectivity index (χ0) is 14.2. The van der Waals surface area contributed by atoms with Crippen LogP contribution in [0.2, 0.25) is 0 Å². The predicted octanol–water partition coefficient (Wildman–Crippen LogP) is 3.25. The molecule has 0 aliphatic carbocycles. The number of carbonyl (C=O) groups excluding carboxylic acids is 1. The van der Waals surface area contributed by atoms with Gasteiger partial charge in [-0.3, -0.25) is 4.79 Å². The fourth-order valence-corrected chi connectivity index (χ4v) is 2.02. The van der Waals surface area contributed by atoms with Crippen LogP contribution in [0.5, 0.6) is 0 Å². The average molecular weight is 269 g/mol. The minimum absolute atomic E-state index is 0.0210. The van der Waals surface area contributed by atoms with Gasteiger partial charge in [-0.15, -0.1) is 0 Å². The number of hydrogen-bond donors (Lipinski definition) is 1. The molecule has 0 aliphatic rings. The van der Waals surface area contributed by atoms with Gasteiger partial charge in [-0.2, -0.15) is 0 Å². The van der Waals surface area contributed by atoms with E-state index < -0.39 is 0 Å². The molecule has 0 spiro atoms. The van der Waals surface area contributed by atoms with Crippen molar-refractivity contribution >= 4 is 11.6 Å². The second kappa shape index (κ2) is 7.46. The van der Waals surface area contributed by atoms with Gasteiger partial charge in [0.05, 0.1) is 13.0 Å². The number of nitrogens with one attached hydrogen (secondary N) is 1. The molecule has 0 fully saturated rings. The molecule has 0 aliphatic heterocycles. The zero-order valence-electron chi connectivity index (χ0n) is 11.6. The summed E-state index contributed by atoms with van der Waals surface area (Å²) in [5, 5.41) is 2.95. The van der Waals surface area contributed by atoms with Crippen LogP contribution in [0, 0.1) is 0 Å². The van der Waals surface area contributed by atoms with Crippen molar-refractivity contribution < 1.29 is 9.53 Å². The Labute approximate surface area is 119 Å². The third-order valence-electron chi connectivity index (χ3n) is 3.06. The number of para-hydroxylation sites is 1. The van der Waals surface area contributed by atoms with Crippen molar-refractivity contribution in [2.24, 2.45) is 0 Å². The Morgan fingerprint density at radius 2 is 1.75 bits per heavy atom. The van der Waals surface area contributed by atoms with E-state index >= 15 is 0 Å². The highest BCUT2D eigenvalue weighted by Crippen LogP contribution is 2.19. The summed E-state index contributed by atoms with van der Waals surface area (Å²) in [6.45, 7) is 0.437. The first kappa shape index (κ1) is 14.3. The Hall–Kier alpha value is -2.13. The van der Waals surface area contributed by atoms with Crippen LogP contribution in [-0.2, 0) is 16.0 Å². The molecule has 1 amide bonds. The molecule has 0 aromatic heterocycles. The Bertz CT molecular complexity index is 552. The van der Waals surface area contributed by atoms with Crippen molar-refractivity contribution in [1.29, 1.82) is 0 Å². The quantitative estimate of drug-likeness (QED) is 0.874. The largest absolute Gasteiger partial charge is 0.384 e. The van der Waals surface area contributed by atoms with Crippen LogP contribution in [0.3, 0.4) is 0 Å². The third-order valence-corrected chi connectivity index (χ3v) is 3.06. The van der Waals surface area contributed by atoms with E-state index in [4.69, 9.17) is 4.74 Å². The average Bonchev–Trinajstić information content (AvgIpc) is 2.48. The van der Waals surface area contributed by atoms with Crippen molar-refractivity contribution in [3.63, 3.8) is 0 Å². The molecule has 2 aromatic carbocycles. The number of carbonyl (C=O) groups is 1. The maximum Gasteiger partial charge on any atom is 0.226 e. The van der Waals surface area contributed by atoms with Gasteiger partial charge in [-0.1, -0.05) is 48.5 Å². The second-order valence-corrected chi connectivity index (χ2v) is 4.61. The minimum atomic E-state index is -0.0210. The van der Waals surface area contributed by atoms with Crippen molar-refractivity contribution in [1.82, 2.24) is 0 Å². The summed E-state index contributed by atoms with van der Waals surface area (Å²) in [7, 11) is 1.59. The lowest BCUT2D eigenvalue weighted by molar-refractivity contribution is -0.117. The Morgan fingerprint density at radius 3 is 2.50 bits per heavy atom. The molecular weight excluding hydrogens is 250 g/mol. The summed E-state index contributed by atoms with van der Waals surface area (Å²) >= 11 is 0. The van der Waals surface area contributed by atoms with Crippen LogP contribution in [0.15, 0.2) is 54.6 Å². The molecule has 0 saturated carbocycles. The summed E-state index contributed by atoms with van der Waals surface area (Å²) in [5.74, 6) is -0.0210. The number of anilines is 1. The number of amides is 1. The molecule has 0 unspecified atom stereocenters. The summed E-state index contributed by atoms with van der Waals surface area (Å²) in [6, 6.07) is 18.1. The van der Waals surface area contributed by atoms with Gasteiger partial charge in [0.1, 0.15) is 0 Å². The van der Waals surface area contributed by atoms with Crippen LogP contribution < -0.4 is 5.32 Å². The standard InChI is InChI=1S/C17H19NO2/c1-20-12-11-17(19)18-16-10-6-5-9-15(16)13-14-7-3-2-4-8-14/h2-10H,11-13H2,1H3,(H,18,19). The number of rotatable bonds is 6. The lowest BCUT2D eigenvalue weighted by Gasteiger charge is -2.11. The van der Waals surface area contributed by atoms with Gasteiger partial charge in [0.25, 0.3) is 0 Å². The van der Waals surface area contributed by atoms with Gasteiger partial charge in [-0.05, 0) is 23.6 Å². The topological polar surface area (TPSA) is 38.3 Å². The highest BCUT2D eigenvalue weighted by molar-refractivity contribution is 5.91. The van der Waals surface area contributed by atoms with Crippen LogP contribution >= 0.6 is 0 Å². The molecule has 0 radical (unpaired) electrons. The normalized spacial score (nSPS) is 10.2. The van der Waals surface area contributed by atoms with E-state index in [9.17, 15) is 4.79 Å². The van der Waals surface area contributed by atoms with E-state index in [1.807, 2.05) is 42.5 Å². The van der Waals surface area contributed by atoms with Gasteiger partial charge in [0.15, 0.2) is 0 Å². The Kier molecular flexibility index (Phi) is 5.33. The molecule has 20 heavy (non-hydrogen) atoms. The Balaban J connectivity index is 2.08. The number of methoxy groups -OCH3 is 1. The first-order chi connectivity index (χ1) is 9.79. The molecule has 104 valence electrons. The van der Waals surface area contributed by atoms with Crippen LogP contribution in [0.4, 0.5) is 5.69 Å². The fourth-order valence-electron chi connectivity index (χ4n) is 2.02. The van der Waals surface area contributed by atoms with E-state index in [1.165, 1.54) is 5.56 Å². The van der Waals surface area contributed by atoms with Gasteiger partial charge in [0.2, 0.25) is 5.91 Å². The lowest BCUT2D eigenvalue weighted by atomic mass is 10.0. The summed E-state index contributed by atoms with van der Waals surface area (Å²) < 4.78 is 4.92. The second-order valence-electron chi connectivity index (χ2n) is 4.61. The molecular formula is C17H19NO2. The van der Waals surface area contributed by atoms with E-state index in [0.717, 1.165) is 17.7 Å². The molecule has 0 atom stereocenters. The van der Waals surface area contributed by atoms with E-state index in [-0.39, 0.29) is 5.91 Å². The van der Waals surface area contributed by atoms with Gasteiger partial charge in [-0.25, -0.2) is 0 Å². The highest BCUT2D eigenvalue weighted by atomic mass is 16.5. The van der Waals surface area contributed by atoms with Gasteiger partial charge in [0, 0.05) is 12.8 Å². The molecule has 0 saturated heterocycles. The molecule has 0 heterocycles. The van der Waals surface area contributed by atoms with E-state index in [2.05, 4.69) is 17.4 Å². The highest BCUT2D eigenvalue weighted by Gasteiger charge is 2.06. The number of hydrogen-bond acceptors (Lipinski definition) is 2. The minimum Gasteiger partial charge on any atom is -0.384 e. The summed E-state index contributed by atoms with van der Waals surface area (Å²) in [6.07, 6.45) is 1.18. The summed E-state index contributed by atoms with van der Waals surface area (Å²) in [4.78, 5) is 11.8. The molecule has 2 aromatic rings. The van der Waals surface area contributed by atoms with Gasteiger partial charge >= 0.3 is 0 Å². The van der Waals surface area contributed by atoms with Crippen LogP contribution in [-0.4, -0.2) is 19.6 Å². The predicted molar refractivity (Wildman–Crippen MR) is 80.8 cm³/mol. The maximum atomic E-state index is 11.8.